The first kappa shape index (κ1) is 13.1. The fourth-order valence-corrected chi connectivity index (χ4v) is 1.78. The monoisotopic (exact) mass is 266 g/mol. The van der Waals surface area contributed by atoms with Crippen molar-refractivity contribution in [2.75, 3.05) is 0 Å². The number of carboxylic acid groups (broad SMARTS) is 1. The maximum Gasteiger partial charge on any atom is 0.335 e. The van der Waals surface area contributed by atoms with E-state index in [2.05, 4.69) is 0 Å². The Morgan fingerprint density at radius 2 is 1.68 bits per heavy atom. The zero-order chi connectivity index (χ0) is 14.2. The van der Waals surface area contributed by atoms with Crippen LogP contribution in [0.1, 0.15) is 15.9 Å². The standard InChI is InChI=1S/C14H9F3O2/c1-7-2-3-8(14(18)19)6-10(7)9-4-5-11(15)13(17)12(9)16/h2-6H,1H3,(H,18,19). The zero-order valence-corrected chi connectivity index (χ0v) is 9.88. The van der Waals surface area contributed by atoms with E-state index in [4.69, 9.17) is 5.11 Å². The number of halogens is 3. The summed E-state index contributed by atoms with van der Waals surface area (Å²) >= 11 is 0. The van der Waals surface area contributed by atoms with E-state index in [1.165, 1.54) is 18.2 Å². The molecular weight excluding hydrogens is 257 g/mol. The maximum absolute atomic E-state index is 13.7. The zero-order valence-electron chi connectivity index (χ0n) is 9.88. The van der Waals surface area contributed by atoms with Crippen molar-refractivity contribution >= 4 is 5.97 Å². The largest absolute Gasteiger partial charge is 0.478 e. The summed E-state index contributed by atoms with van der Waals surface area (Å²) < 4.78 is 39.8. The van der Waals surface area contributed by atoms with Crippen LogP contribution < -0.4 is 0 Å². The Kier molecular flexibility index (Phi) is 3.29. The van der Waals surface area contributed by atoms with Crippen LogP contribution in [-0.4, -0.2) is 11.1 Å². The molecule has 0 saturated heterocycles. The second kappa shape index (κ2) is 4.76. The highest BCUT2D eigenvalue weighted by Gasteiger charge is 2.17. The van der Waals surface area contributed by atoms with Crippen LogP contribution in [-0.2, 0) is 0 Å². The number of carboxylic acids is 1. The smallest absolute Gasteiger partial charge is 0.335 e. The van der Waals surface area contributed by atoms with E-state index in [-0.39, 0.29) is 16.7 Å². The Labute approximate surface area is 107 Å². The van der Waals surface area contributed by atoms with Gasteiger partial charge in [-0.1, -0.05) is 6.07 Å². The fourth-order valence-electron chi connectivity index (χ4n) is 1.78. The van der Waals surface area contributed by atoms with Gasteiger partial charge in [0, 0.05) is 5.56 Å². The predicted molar refractivity (Wildman–Crippen MR) is 63.4 cm³/mol. The van der Waals surface area contributed by atoms with E-state index in [0.717, 1.165) is 12.1 Å². The summed E-state index contributed by atoms with van der Waals surface area (Å²) in [5, 5.41) is 8.89. The second-order valence-electron chi connectivity index (χ2n) is 4.06. The minimum Gasteiger partial charge on any atom is -0.478 e. The first-order valence-corrected chi connectivity index (χ1v) is 5.39. The van der Waals surface area contributed by atoms with Gasteiger partial charge in [0.25, 0.3) is 0 Å². The highest BCUT2D eigenvalue weighted by molar-refractivity contribution is 5.90. The molecule has 5 heteroatoms. The van der Waals surface area contributed by atoms with Gasteiger partial charge in [0.2, 0.25) is 0 Å². The van der Waals surface area contributed by atoms with E-state index in [0.29, 0.717) is 5.56 Å². The third kappa shape index (κ3) is 2.31. The topological polar surface area (TPSA) is 37.3 Å². The van der Waals surface area contributed by atoms with E-state index in [9.17, 15) is 18.0 Å². The molecule has 0 aliphatic heterocycles. The van der Waals surface area contributed by atoms with Crippen LogP contribution in [0, 0.1) is 24.4 Å². The Morgan fingerprint density at radius 1 is 1.00 bits per heavy atom. The molecule has 0 aliphatic carbocycles. The summed E-state index contributed by atoms with van der Waals surface area (Å²) in [5.74, 6) is -5.36. The van der Waals surface area contributed by atoms with Crippen molar-refractivity contribution in [2.45, 2.75) is 6.92 Å². The van der Waals surface area contributed by atoms with Crippen molar-refractivity contribution in [3.63, 3.8) is 0 Å². The third-order valence-corrected chi connectivity index (χ3v) is 2.81. The predicted octanol–water partition coefficient (Wildman–Crippen LogP) is 3.78. The van der Waals surface area contributed by atoms with Crippen molar-refractivity contribution in [1.29, 1.82) is 0 Å². The number of aryl methyl sites for hydroxylation is 1. The molecule has 19 heavy (non-hydrogen) atoms. The molecule has 0 aromatic heterocycles. The van der Waals surface area contributed by atoms with Crippen molar-refractivity contribution in [1.82, 2.24) is 0 Å². The number of carbonyl (C=O) groups is 1. The van der Waals surface area contributed by atoms with Crippen molar-refractivity contribution in [3.05, 3.63) is 58.9 Å². The number of aromatic carboxylic acids is 1. The van der Waals surface area contributed by atoms with E-state index >= 15 is 0 Å². The molecule has 2 aromatic rings. The number of rotatable bonds is 2. The van der Waals surface area contributed by atoms with Crippen molar-refractivity contribution in [3.8, 4) is 11.1 Å². The molecule has 0 fully saturated rings. The van der Waals surface area contributed by atoms with Crippen LogP contribution in [0.2, 0.25) is 0 Å². The van der Waals surface area contributed by atoms with Crippen LogP contribution in [0.15, 0.2) is 30.3 Å². The molecule has 0 aliphatic rings. The quantitative estimate of drug-likeness (QED) is 0.840. The van der Waals surface area contributed by atoms with Gasteiger partial charge in [-0.15, -0.1) is 0 Å². The van der Waals surface area contributed by atoms with Gasteiger partial charge in [0.1, 0.15) is 0 Å². The molecule has 98 valence electrons. The fraction of sp³-hybridized carbons (Fsp3) is 0.0714. The van der Waals surface area contributed by atoms with Gasteiger partial charge < -0.3 is 5.11 Å². The van der Waals surface area contributed by atoms with E-state index in [1.807, 2.05) is 0 Å². The molecule has 2 nitrogen and oxygen atoms in total. The normalized spacial score (nSPS) is 10.5. The Morgan fingerprint density at radius 3 is 2.32 bits per heavy atom. The van der Waals surface area contributed by atoms with Crippen LogP contribution >= 0.6 is 0 Å². The average molecular weight is 266 g/mol. The molecule has 1 N–H and O–H groups in total. The molecule has 0 radical (unpaired) electrons. The van der Waals surface area contributed by atoms with Crippen molar-refractivity contribution in [2.24, 2.45) is 0 Å². The van der Waals surface area contributed by atoms with Gasteiger partial charge in [-0.2, -0.15) is 0 Å². The molecule has 2 rings (SSSR count). The summed E-state index contributed by atoms with van der Waals surface area (Å²) in [5.41, 5.74) is 0.565. The van der Waals surface area contributed by atoms with Crippen molar-refractivity contribution < 1.29 is 23.1 Å². The van der Waals surface area contributed by atoms with Crippen LogP contribution in [0.4, 0.5) is 13.2 Å². The minimum absolute atomic E-state index is 0.0512. The van der Waals surface area contributed by atoms with E-state index in [1.54, 1.807) is 6.92 Å². The minimum atomic E-state index is -1.57. The molecule has 0 heterocycles. The SMILES string of the molecule is Cc1ccc(C(=O)O)cc1-c1ccc(F)c(F)c1F. The third-order valence-electron chi connectivity index (χ3n) is 2.81. The van der Waals surface area contributed by atoms with Gasteiger partial charge >= 0.3 is 5.97 Å². The summed E-state index contributed by atoms with van der Waals surface area (Å²) in [6, 6.07) is 5.97. The molecule has 0 unspecified atom stereocenters. The highest BCUT2D eigenvalue weighted by Crippen LogP contribution is 2.29. The van der Waals surface area contributed by atoms with E-state index < -0.39 is 23.4 Å². The number of hydrogen-bond donors (Lipinski definition) is 1. The van der Waals surface area contributed by atoms with Crippen LogP contribution in [0.25, 0.3) is 11.1 Å². The van der Waals surface area contributed by atoms with Gasteiger partial charge in [-0.05, 0) is 42.3 Å². The Hall–Kier alpha value is -2.30. The Bertz CT molecular complexity index is 666. The van der Waals surface area contributed by atoms with Gasteiger partial charge in [0.05, 0.1) is 5.56 Å². The lowest BCUT2D eigenvalue weighted by molar-refractivity contribution is 0.0697. The molecular formula is C14H9F3O2. The lowest BCUT2D eigenvalue weighted by Crippen LogP contribution is -1.99. The second-order valence-corrected chi connectivity index (χ2v) is 4.06. The summed E-state index contributed by atoms with van der Waals surface area (Å²) in [6.45, 7) is 1.63. The Balaban J connectivity index is 2.68. The lowest BCUT2D eigenvalue weighted by atomic mass is 9.97. The lowest BCUT2D eigenvalue weighted by Gasteiger charge is -2.09. The molecule has 0 amide bonds. The summed E-state index contributed by atoms with van der Waals surface area (Å²) in [7, 11) is 0. The summed E-state index contributed by atoms with van der Waals surface area (Å²) in [6.07, 6.45) is 0. The maximum atomic E-state index is 13.7. The number of hydrogen-bond acceptors (Lipinski definition) is 1. The first-order chi connectivity index (χ1) is 8.91. The van der Waals surface area contributed by atoms with Gasteiger partial charge in [-0.25, -0.2) is 18.0 Å². The average Bonchev–Trinajstić information content (AvgIpc) is 2.37. The van der Waals surface area contributed by atoms with Gasteiger partial charge in [-0.3, -0.25) is 0 Å². The highest BCUT2D eigenvalue weighted by atomic mass is 19.2. The number of benzene rings is 2. The molecule has 0 atom stereocenters. The summed E-state index contributed by atoms with van der Waals surface area (Å²) in [4.78, 5) is 10.9. The van der Waals surface area contributed by atoms with Crippen LogP contribution in [0.5, 0.6) is 0 Å². The molecule has 0 bridgehead atoms. The molecule has 2 aromatic carbocycles. The molecule has 0 spiro atoms. The molecule has 0 saturated carbocycles. The van der Waals surface area contributed by atoms with Gasteiger partial charge in [0.15, 0.2) is 17.5 Å². The van der Waals surface area contributed by atoms with Crippen LogP contribution in [0.3, 0.4) is 0 Å². The first-order valence-electron chi connectivity index (χ1n) is 5.39.